The van der Waals surface area contributed by atoms with E-state index in [1.807, 2.05) is 0 Å². The maximum Gasteiger partial charge on any atom is 4.00 e. The predicted octanol–water partition coefficient (Wildman–Crippen LogP) is 1.12. The van der Waals surface area contributed by atoms with Gasteiger partial charge in [-0.15, -0.1) is 0 Å². The van der Waals surface area contributed by atoms with Crippen molar-refractivity contribution in [3.05, 3.63) is 47.7 Å². The summed E-state index contributed by atoms with van der Waals surface area (Å²) in [7, 11) is 0. The summed E-state index contributed by atoms with van der Waals surface area (Å²) in [6, 6.07) is 0. The average molecular weight is 336 g/mol. The summed E-state index contributed by atoms with van der Waals surface area (Å²) in [6.07, 6.45) is 3.64. The van der Waals surface area contributed by atoms with Crippen molar-refractivity contribution >= 4 is 0 Å². The molecule has 0 saturated heterocycles. The van der Waals surface area contributed by atoms with Crippen molar-refractivity contribution in [2.24, 2.45) is 0 Å². The Morgan fingerprint density at radius 3 is 1.29 bits per heavy atom. The molecule has 0 amide bonds. The summed E-state index contributed by atoms with van der Waals surface area (Å²) >= 11 is 0. The zero-order valence-electron chi connectivity index (χ0n) is 11.4. The number of hydrogen-bond acceptors (Lipinski definition) is 6. The van der Waals surface area contributed by atoms with Gasteiger partial charge in [-0.2, -0.15) is 0 Å². The van der Waals surface area contributed by atoms with Crippen molar-refractivity contribution in [2.45, 2.75) is 26.1 Å². The van der Waals surface area contributed by atoms with E-state index in [0.717, 1.165) is 0 Å². The molecular weight excluding hydrogens is 320 g/mol. The summed E-state index contributed by atoms with van der Waals surface area (Å²) in [6.45, 7) is 3.17. The van der Waals surface area contributed by atoms with Crippen LogP contribution >= 0.6 is 0 Å². The van der Waals surface area contributed by atoms with E-state index in [9.17, 15) is 0 Å². The Balaban J connectivity index is -0.000000270. The molecule has 2 rings (SSSR count). The van der Waals surface area contributed by atoms with E-state index in [1.54, 1.807) is 13.8 Å². The molecule has 0 aromatic rings. The standard InChI is InChI=1S/2C6H8O3.2O.Ti/c2*1-4-6(8)5(7)2-3-9-4;;;/h2*2-3,5,7-8H,1H3;;;/q;;2*-2;+4. The van der Waals surface area contributed by atoms with Crippen LogP contribution in [0, 0.1) is 0 Å². The van der Waals surface area contributed by atoms with Gasteiger partial charge in [0.05, 0.1) is 12.5 Å². The molecule has 2 atom stereocenters. The van der Waals surface area contributed by atoms with Crippen LogP contribution < -0.4 is 0 Å². The van der Waals surface area contributed by atoms with Gasteiger partial charge in [-0.1, -0.05) is 0 Å². The van der Waals surface area contributed by atoms with E-state index in [4.69, 9.17) is 29.9 Å². The van der Waals surface area contributed by atoms with E-state index in [1.165, 1.54) is 24.7 Å². The van der Waals surface area contributed by atoms with Crippen molar-refractivity contribution < 1.29 is 62.6 Å². The smallest absolute Gasteiger partial charge is 2.00 e. The zero-order chi connectivity index (χ0) is 13.7. The van der Waals surface area contributed by atoms with Gasteiger partial charge >= 0.3 is 21.7 Å². The summed E-state index contributed by atoms with van der Waals surface area (Å²) < 4.78 is 9.50. The van der Waals surface area contributed by atoms with E-state index in [-0.39, 0.29) is 44.2 Å². The fraction of sp³-hybridized carbons (Fsp3) is 0.333. The minimum atomic E-state index is -0.890. The third-order valence-corrected chi connectivity index (χ3v) is 2.29. The van der Waals surface area contributed by atoms with Gasteiger partial charge in [-0.05, 0) is 26.0 Å². The molecule has 0 aromatic heterocycles. The van der Waals surface area contributed by atoms with Crippen LogP contribution in [-0.4, -0.2) is 32.6 Å². The van der Waals surface area contributed by atoms with Gasteiger partial charge in [0.2, 0.25) is 0 Å². The second kappa shape index (κ2) is 11.4. The molecule has 0 saturated carbocycles. The van der Waals surface area contributed by atoms with Crippen molar-refractivity contribution in [1.29, 1.82) is 0 Å². The largest absolute Gasteiger partial charge is 4.00 e. The molecule has 4 N–H and O–H groups in total. The van der Waals surface area contributed by atoms with Crippen LogP contribution in [-0.2, 0) is 42.1 Å². The Labute approximate surface area is 136 Å². The fourth-order valence-electron chi connectivity index (χ4n) is 1.15. The van der Waals surface area contributed by atoms with Gasteiger partial charge < -0.3 is 40.9 Å². The van der Waals surface area contributed by atoms with Crippen LogP contribution in [0.25, 0.3) is 0 Å². The number of aliphatic hydroxyl groups excluding tert-OH is 4. The molecule has 2 aliphatic rings. The zero-order valence-corrected chi connectivity index (χ0v) is 12.9. The van der Waals surface area contributed by atoms with Crippen molar-refractivity contribution in [3.63, 3.8) is 0 Å². The van der Waals surface area contributed by atoms with Gasteiger partial charge in [0.25, 0.3) is 0 Å². The van der Waals surface area contributed by atoms with Crippen LogP contribution in [0.2, 0.25) is 0 Å². The number of hydrogen-bond donors (Lipinski definition) is 4. The van der Waals surface area contributed by atoms with Gasteiger partial charge in [0.15, 0.2) is 11.5 Å². The molecule has 116 valence electrons. The van der Waals surface area contributed by atoms with E-state index in [0.29, 0.717) is 11.5 Å². The second-order valence-electron chi connectivity index (χ2n) is 3.67. The Kier molecular flexibility index (Phi) is 13.4. The first kappa shape index (κ1) is 24.7. The van der Waals surface area contributed by atoms with Crippen molar-refractivity contribution in [1.82, 2.24) is 0 Å². The number of allylic oxidation sites excluding steroid dienone is 2. The number of aliphatic hydroxyl groups is 4. The van der Waals surface area contributed by atoms with Gasteiger partial charge in [0, 0.05) is 0 Å². The second-order valence-corrected chi connectivity index (χ2v) is 3.67. The van der Waals surface area contributed by atoms with Crippen LogP contribution in [0.15, 0.2) is 47.7 Å². The molecule has 0 aromatic carbocycles. The fourth-order valence-corrected chi connectivity index (χ4v) is 1.15. The van der Waals surface area contributed by atoms with Crippen molar-refractivity contribution in [2.75, 3.05) is 0 Å². The van der Waals surface area contributed by atoms with E-state index < -0.39 is 12.2 Å². The topological polar surface area (TPSA) is 156 Å². The van der Waals surface area contributed by atoms with Crippen LogP contribution in [0.3, 0.4) is 0 Å². The first-order chi connectivity index (χ1) is 8.43. The minimum absolute atomic E-state index is 0. The predicted molar refractivity (Wildman–Crippen MR) is 64.5 cm³/mol. The van der Waals surface area contributed by atoms with Gasteiger partial charge in [-0.3, -0.25) is 0 Å². The SMILES string of the molecule is CC1=C(O)C(O)C=CO1.CC1=C(O)C(O)C=CO1.[O-2].[O-2].[Ti+4]. The Morgan fingerprint density at radius 1 is 0.810 bits per heavy atom. The maximum absolute atomic E-state index is 8.90. The van der Waals surface area contributed by atoms with E-state index >= 15 is 0 Å². The molecule has 21 heavy (non-hydrogen) atoms. The molecule has 0 spiro atoms. The first-order valence-corrected chi connectivity index (χ1v) is 5.25. The molecular formula is C12H16O8Ti. The van der Waals surface area contributed by atoms with Gasteiger partial charge in [0.1, 0.15) is 23.7 Å². The monoisotopic (exact) mass is 336 g/mol. The third kappa shape index (κ3) is 7.33. The molecule has 0 bridgehead atoms. The molecule has 2 heterocycles. The third-order valence-electron chi connectivity index (χ3n) is 2.29. The first-order valence-electron chi connectivity index (χ1n) is 5.25. The maximum atomic E-state index is 8.90. The Morgan fingerprint density at radius 2 is 1.10 bits per heavy atom. The summed E-state index contributed by atoms with van der Waals surface area (Å²) in [4.78, 5) is 0. The molecule has 8 nitrogen and oxygen atoms in total. The normalized spacial score (nSPS) is 22.5. The van der Waals surface area contributed by atoms with Crippen LogP contribution in [0.5, 0.6) is 0 Å². The molecule has 2 aliphatic heterocycles. The van der Waals surface area contributed by atoms with Crippen LogP contribution in [0.4, 0.5) is 0 Å². The minimum Gasteiger partial charge on any atom is -2.00 e. The Bertz CT molecular complexity index is 387. The molecule has 9 heteroatoms. The average Bonchev–Trinajstić information content (AvgIpc) is 2.34. The van der Waals surface area contributed by atoms with Gasteiger partial charge in [-0.25, -0.2) is 0 Å². The van der Waals surface area contributed by atoms with E-state index in [2.05, 4.69) is 0 Å². The molecule has 2 unspecified atom stereocenters. The number of ether oxygens (including phenoxy) is 2. The van der Waals surface area contributed by atoms with Crippen molar-refractivity contribution in [3.8, 4) is 0 Å². The summed E-state index contributed by atoms with van der Waals surface area (Å²) in [5.74, 6) is 0.477. The summed E-state index contributed by atoms with van der Waals surface area (Å²) in [5, 5.41) is 35.5. The molecule has 0 aliphatic carbocycles. The summed E-state index contributed by atoms with van der Waals surface area (Å²) in [5.41, 5.74) is 0. The quantitative estimate of drug-likeness (QED) is 0.486. The molecule has 0 radical (unpaired) electrons. The molecule has 0 fully saturated rings. The van der Waals surface area contributed by atoms with Crippen LogP contribution in [0.1, 0.15) is 13.8 Å². The number of rotatable bonds is 0. The Hall–Kier alpha value is -1.29.